The first-order chi connectivity index (χ1) is 16.2. The van der Waals surface area contributed by atoms with Crippen molar-refractivity contribution in [3.05, 3.63) is 48.7 Å². The van der Waals surface area contributed by atoms with Gasteiger partial charge in [-0.25, -0.2) is 29.3 Å². The molecule has 2 aromatic heterocycles. The number of carbonyl (C=O) groups excluding carboxylic acids is 2. The van der Waals surface area contributed by atoms with Crippen molar-refractivity contribution >= 4 is 23.7 Å². The highest BCUT2D eigenvalue weighted by Gasteiger charge is 2.31. The van der Waals surface area contributed by atoms with Gasteiger partial charge in [0, 0.05) is 18.9 Å². The number of allylic oxidation sites excluding steroid dienone is 1. The van der Waals surface area contributed by atoms with E-state index in [9.17, 15) is 19.5 Å². The quantitative estimate of drug-likeness (QED) is 0.546. The monoisotopic (exact) mass is 486 g/mol. The van der Waals surface area contributed by atoms with Crippen molar-refractivity contribution < 1.29 is 29.0 Å². The maximum Gasteiger partial charge on any atom is 0.419 e. The molecule has 2 heterocycles. The lowest BCUT2D eigenvalue weighted by atomic mass is 10.0. The van der Waals surface area contributed by atoms with Crippen molar-refractivity contribution in [1.29, 1.82) is 0 Å². The van der Waals surface area contributed by atoms with E-state index in [1.54, 1.807) is 83.6 Å². The Morgan fingerprint density at radius 1 is 1.06 bits per heavy atom. The molecule has 0 fully saturated rings. The van der Waals surface area contributed by atoms with Crippen molar-refractivity contribution in [2.24, 2.45) is 5.92 Å². The first-order valence-electron chi connectivity index (χ1n) is 11.3. The zero-order valence-electron chi connectivity index (χ0n) is 21.3. The predicted octanol–water partition coefficient (Wildman–Crippen LogP) is 4.93. The number of nitrogens with zero attached hydrogens (tertiary/aromatic N) is 4. The Morgan fingerprint density at radius 2 is 1.66 bits per heavy atom. The van der Waals surface area contributed by atoms with Gasteiger partial charge in [0.2, 0.25) is 0 Å². The molecular formula is C25H34N4O6. The Hall–Kier alpha value is -3.69. The number of imide groups is 1. The summed E-state index contributed by atoms with van der Waals surface area (Å²) in [6, 6.07) is 5.38. The summed E-state index contributed by atoms with van der Waals surface area (Å²) in [5, 5.41) is 9.77. The third-order valence-electron chi connectivity index (χ3n) is 4.49. The Morgan fingerprint density at radius 3 is 2.14 bits per heavy atom. The molecule has 35 heavy (non-hydrogen) atoms. The summed E-state index contributed by atoms with van der Waals surface area (Å²) < 4.78 is 12.3. The summed E-state index contributed by atoms with van der Waals surface area (Å²) in [7, 11) is 0. The van der Waals surface area contributed by atoms with Crippen LogP contribution in [0.25, 0.3) is 11.4 Å². The molecule has 10 nitrogen and oxygen atoms in total. The van der Waals surface area contributed by atoms with Gasteiger partial charge in [0.25, 0.3) is 0 Å². The number of rotatable bonds is 7. The van der Waals surface area contributed by atoms with Crippen molar-refractivity contribution in [2.75, 3.05) is 6.54 Å². The maximum absolute atomic E-state index is 12.7. The molecule has 0 bridgehead atoms. The Balaban J connectivity index is 2.20. The van der Waals surface area contributed by atoms with Crippen molar-refractivity contribution in [1.82, 2.24) is 19.4 Å². The minimum Gasteiger partial charge on any atom is -0.478 e. The molecule has 0 aliphatic rings. The van der Waals surface area contributed by atoms with Crippen LogP contribution in [0.3, 0.4) is 0 Å². The van der Waals surface area contributed by atoms with Crippen LogP contribution in [0.5, 0.6) is 0 Å². The van der Waals surface area contributed by atoms with Gasteiger partial charge < -0.3 is 14.6 Å². The Bertz CT molecular complexity index is 1040. The molecule has 1 atom stereocenters. The number of aromatic nitrogens is 3. The van der Waals surface area contributed by atoms with E-state index in [-0.39, 0.29) is 30.2 Å². The first kappa shape index (κ1) is 27.6. The van der Waals surface area contributed by atoms with Crippen LogP contribution in [0.1, 0.15) is 60.6 Å². The molecule has 2 aromatic rings. The highest BCUT2D eigenvalue weighted by atomic mass is 16.6. The molecular weight excluding hydrogens is 452 g/mol. The second kappa shape index (κ2) is 11.2. The SMILES string of the molecule is C[C@@H](/C=C(\C(=O)O)c1cn(-c2ccccn2)cn1)CCN(C(=O)OC(C)(C)C)C(=O)OC(C)(C)C. The molecule has 0 aliphatic carbocycles. The van der Waals surface area contributed by atoms with Crippen LogP contribution in [0.4, 0.5) is 9.59 Å². The lowest BCUT2D eigenvalue weighted by Crippen LogP contribution is -2.44. The van der Waals surface area contributed by atoms with E-state index >= 15 is 0 Å². The molecule has 10 heteroatoms. The second-order valence-electron chi connectivity index (χ2n) is 10.1. The summed E-state index contributed by atoms with van der Waals surface area (Å²) in [6.45, 7) is 12.0. The van der Waals surface area contributed by atoms with Gasteiger partial charge in [0.15, 0.2) is 0 Å². The molecule has 0 aromatic carbocycles. The smallest absolute Gasteiger partial charge is 0.419 e. The van der Waals surface area contributed by atoms with Gasteiger partial charge in [-0.3, -0.25) is 4.57 Å². The minimum absolute atomic E-state index is 0.00765. The van der Waals surface area contributed by atoms with Gasteiger partial charge >= 0.3 is 18.2 Å². The number of ether oxygens (including phenoxy) is 2. The zero-order valence-corrected chi connectivity index (χ0v) is 21.3. The standard InChI is InChI=1S/C25H34N4O6/c1-17(11-13-29(22(32)34-24(2,3)4)23(33)35-25(5,6)7)14-18(21(30)31)19-15-28(16-27-19)20-10-8-9-12-26-20/h8-10,12,14-17H,11,13H2,1-7H3,(H,30,31)/b18-14-/t17-/m1/s1. The van der Waals surface area contributed by atoms with Crippen LogP contribution in [0.2, 0.25) is 0 Å². The van der Waals surface area contributed by atoms with Crippen LogP contribution in [0, 0.1) is 5.92 Å². The second-order valence-corrected chi connectivity index (χ2v) is 10.1. The lowest BCUT2D eigenvalue weighted by Gasteiger charge is -2.29. The van der Waals surface area contributed by atoms with Crippen molar-refractivity contribution in [3.63, 3.8) is 0 Å². The third-order valence-corrected chi connectivity index (χ3v) is 4.49. The van der Waals surface area contributed by atoms with Crippen LogP contribution in [-0.4, -0.2) is 60.4 Å². The highest BCUT2D eigenvalue weighted by molar-refractivity contribution is 6.14. The van der Waals surface area contributed by atoms with Crippen molar-refractivity contribution in [3.8, 4) is 5.82 Å². The average molecular weight is 487 g/mol. The fraction of sp³-hybridized carbons (Fsp3) is 0.480. The first-order valence-corrected chi connectivity index (χ1v) is 11.3. The van der Waals surface area contributed by atoms with E-state index in [1.165, 1.54) is 6.33 Å². The predicted molar refractivity (Wildman–Crippen MR) is 130 cm³/mol. The topological polar surface area (TPSA) is 124 Å². The maximum atomic E-state index is 12.7. The molecule has 0 saturated carbocycles. The summed E-state index contributed by atoms with van der Waals surface area (Å²) in [5.41, 5.74) is -1.32. The molecule has 1 N–H and O–H groups in total. The number of aliphatic carboxylic acids is 1. The number of pyridine rings is 1. The van der Waals surface area contributed by atoms with E-state index < -0.39 is 29.4 Å². The molecule has 0 radical (unpaired) electrons. The van der Waals surface area contributed by atoms with E-state index in [2.05, 4.69) is 9.97 Å². The zero-order chi connectivity index (χ0) is 26.4. The van der Waals surface area contributed by atoms with Gasteiger partial charge in [-0.05, 0) is 66.0 Å². The Kier molecular flexibility index (Phi) is 8.78. The molecule has 2 rings (SSSR count). The van der Waals surface area contributed by atoms with E-state index in [0.29, 0.717) is 5.82 Å². The number of hydrogen-bond donors (Lipinski definition) is 1. The van der Waals surface area contributed by atoms with E-state index in [0.717, 1.165) is 4.90 Å². The van der Waals surface area contributed by atoms with Gasteiger partial charge in [-0.2, -0.15) is 0 Å². The van der Waals surface area contributed by atoms with Crippen molar-refractivity contribution in [2.45, 2.75) is 66.1 Å². The average Bonchev–Trinajstić information content (AvgIpc) is 3.19. The fourth-order valence-electron chi connectivity index (χ4n) is 2.95. The number of hydrogen-bond acceptors (Lipinski definition) is 7. The lowest BCUT2D eigenvalue weighted by molar-refractivity contribution is -0.130. The molecule has 190 valence electrons. The number of carboxylic acids is 1. The third kappa shape index (κ3) is 8.88. The molecule has 2 amide bonds. The highest BCUT2D eigenvalue weighted by Crippen LogP contribution is 2.20. The van der Waals surface area contributed by atoms with Crippen LogP contribution in [0.15, 0.2) is 43.0 Å². The summed E-state index contributed by atoms with van der Waals surface area (Å²) in [4.78, 5) is 46.6. The summed E-state index contributed by atoms with van der Waals surface area (Å²) in [5.74, 6) is -0.845. The molecule has 0 unspecified atom stereocenters. The molecule has 0 saturated heterocycles. The summed E-state index contributed by atoms with van der Waals surface area (Å²) in [6.07, 6.45) is 4.90. The number of carboxylic acid groups (broad SMARTS) is 1. The van der Waals surface area contributed by atoms with E-state index in [1.807, 2.05) is 6.07 Å². The largest absolute Gasteiger partial charge is 0.478 e. The fourth-order valence-corrected chi connectivity index (χ4v) is 2.95. The van der Waals surface area contributed by atoms with Gasteiger partial charge in [-0.15, -0.1) is 0 Å². The normalized spacial score (nSPS) is 13.2. The minimum atomic E-state index is -1.14. The van der Waals surface area contributed by atoms with Crippen LogP contribution in [-0.2, 0) is 14.3 Å². The van der Waals surface area contributed by atoms with Gasteiger partial charge in [0.05, 0.1) is 11.3 Å². The number of carbonyl (C=O) groups is 3. The molecule has 0 aliphatic heterocycles. The van der Waals surface area contributed by atoms with Gasteiger partial charge in [-0.1, -0.05) is 19.1 Å². The number of amides is 2. The number of imidazole rings is 1. The van der Waals surface area contributed by atoms with Crippen LogP contribution < -0.4 is 0 Å². The van der Waals surface area contributed by atoms with Gasteiger partial charge in [0.1, 0.15) is 23.3 Å². The summed E-state index contributed by atoms with van der Waals surface area (Å²) >= 11 is 0. The van der Waals surface area contributed by atoms with Crippen LogP contribution >= 0.6 is 0 Å². The Labute approximate surface area is 205 Å². The van der Waals surface area contributed by atoms with E-state index in [4.69, 9.17) is 9.47 Å². The molecule has 0 spiro atoms.